The van der Waals surface area contributed by atoms with Crippen LogP contribution < -0.4 is 5.32 Å². The number of hydrogen-bond donors (Lipinski definition) is 2. The van der Waals surface area contributed by atoms with E-state index in [9.17, 15) is 5.11 Å². The normalized spacial score (nSPS) is 17.7. The average Bonchev–Trinajstić information content (AvgIpc) is 3.05. The van der Waals surface area contributed by atoms with Crippen LogP contribution in [0.15, 0.2) is 5.16 Å². The van der Waals surface area contributed by atoms with E-state index < -0.39 is 0 Å². The van der Waals surface area contributed by atoms with Gasteiger partial charge < -0.3 is 15.0 Å². The molecule has 1 aliphatic rings. The monoisotopic (exact) mass is 242 g/mol. The van der Waals surface area contributed by atoms with Crippen molar-refractivity contribution >= 4 is 11.8 Å². The lowest BCUT2D eigenvalue weighted by Crippen LogP contribution is -2.13. The lowest BCUT2D eigenvalue weighted by atomic mass is 10.3. The largest absolute Gasteiger partial charge is 0.392 e. The number of nitrogens with zero attached hydrogens (tertiary/aromatic N) is 3. The fourth-order valence-corrected chi connectivity index (χ4v) is 2.55. The highest BCUT2D eigenvalue weighted by atomic mass is 32.2. The summed E-state index contributed by atoms with van der Waals surface area (Å²) in [5, 5.41) is 21.9. The number of thioether (sulfide) groups is 1. The predicted octanol–water partition coefficient (Wildman–Crippen LogP) is 0.397. The quantitative estimate of drug-likeness (QED) is 0.707. The molecule has 5 nitrogen and oxygen atoms in total. The van der Waals surface area contributed by atoms with Gasteiger partial charge in [0.25, 0.3) is 0 Å². The summed E-state index contributed by atoms with van der Waals surface area (Å²) < 4.78 is 1.97. The van der Waals surface area contributed by atoms with Gasteiger partial charge in [-0.2, -0.15) is 0 Å². The van der Waals surface area contributed by atoms with Crippen LogP contribution in [-0.2, 0) is 13.6 Å². The van der Waals surface area contributed by atoms with E-state index in [1.165, 1.54) is 12.8 Å². The molecule has 1 heterocycles. The molecule has 1 atom stereocenters. The Morgan fingerprint density at radius 3 is 2.94 bits per heavy atom. The van der Waals surface area contributed by atoms with Gasteiger partial charge in [0, 0.05) is 12.8 Å². The first-order valence-corrected chi connectivity index (χ1v) is 6.54. The van der Waals surface area contributed by atoms with E-state index in [2.05, 4.69) is 15.5 Å². The van der Waals surface area contributed by atoms with Crippen molar-refractivity contribution in [2.45, 2.75) is 30.6 Å². The Morgan fingerprint density at radius 1 is 1.56 bits per heavy atom. The van der Waals surface area contributed by atoms with Gasteiger partial charge in [0.2, 0.25) is 0 Å². The Labute approximate surface area is 99.6 Å². The van der Waals surface area contributed by atoms with Gasteiger partial charge in [0.1, 0.15) is 5.82 Å². The highest BCUT2D eigenvalue weighted by Gasteiger charge is 2.29. The maximum absolute atomic E-state index is 9.76. The van der Waals surface area contributed by atoms with Gasteiger partial charge in [-0.25, -0.2) is 0 Å². The van der Waals surface area contributed by atoms with Crippen LogP contribution in [0.5, 0.6) is 0 Å². The topological polar surface area (TPSA) is 63.0 Å². The summed E-state index contributed by atoms with van der Waals surface area (Å²) in [7, 11) is 3.84. The van der Waals surface area contributed by atoms with Crippen LogP contribution in [0.4, 0.5) is 0 Å². The van der Waals surface area contributed by atoms with E-state index >= 15 is 0 Å². The number of aliphatic hydroxyl groups excluding tert-OH is 1. The molecule has 2 rings (SSSR count). The molecule has 90 valence electrons. The van der Waals surface area contributed by atoms with Crippen molar-refractivity contribution in [1.29, 1.82) is 0 Å². The van der Waals surface area contributed by atoms with Gasteiger partial charge in [0.05, 0.1) is 12.6 Å². The summed E-state index contributed by atoms with van der Waals surface area (Å²) in [6.45, 7) is 0.717. The van der Waals surface area contributed by atoms with E-state index in [1.807, 2.05) is 18.7 Å². The summed E-state index contributed by atoms with van der Waals surface area (Å²) in [6, 6.07) is 0. The molecule has 0 bridgehead atoms. The lowest BCUT2D eigenvalue weighted by Gasteiger charge is -2.08. The first-order valence-electron chi connectivity index (χ1n) is 5.56. The zero-order valence-electron chi connectivity index (χ0n) is 9.68. The van der Waals surface area contributed by atoms with Gasteiger partial charge >= 0.3 is 0 Å². The molecule has 1 fully saturated rings. The van der Waals surface area contributed by atoms with Crippen molar-refractivity contribution in [2.75, 3.05) is 12.8 Å². The molecule has 0 spiro atoms. The van der Waals surface area contributed by atoms with Crippen LogP contribution in [-0.4, -0.2) is 38.8 Å². The Balaban J connectivity index is 1.88. The molecule has 6 heteroatoms. The lowest BCUT2D eigenvalue weighted by molar-refractivity contribution is 0.176. The van der Waals surface area contributed by atoms with Crippen LogP contribution in [0, 0.1) is 5.92 Å². The van der Waals surface area contributed by atoms with Crippen LogP contribution in [0.3, 0.4) is 0 Å². The van der Waals surface area contributed by atoms with Crippen molar-refractivity contribution in [2.24, 2.45) is 13.0 Å². The Bertz CT molecular complexity index is 351. The van der Waals surface area contributed by atoms with Gasteiger partial charge in [-0.05, 0) is 25.8 Å². The first kappa shape index (κ1) is 11.9. The van der Waals surface area contributed by atoms with Gasteiger partial charge in [-0.3, -0.25) is 0 Å². The van der Waals surface area contributed by atoms with E-state index in [1.54, 1.807) is 11.8 Å². The minimum absolute atomic E-state index is 0.186. The molecule has 2 N–H and O–H groups in total. The molecular formula is C10H18N4OS. The molecule has 1 aromatic rings. The van der Waals surface area contributed by atoms with E-state index in [-0.39, 0.29) is 6.10 Å². The molecule has 0 aliphatic heterocycles. The number of rotatable bonds is 6. The number of aromatic nitrogens is 3. The van der Waals surface area contributed by atoms with Crippen LogP contribution >= 0.6 is 11.8 Å². The smallest absolute Gasteiger partial charge is 0.191 e. The number of hydrogen-bond acceptors (Lipinski definition) is 5. The van der Waals surface area contributed by atoms with E-state index in [4.69, 9.17) is 0 Å². The zero-order chi connectivity index (χ0) is 11.5. The average molecular weight is 242 g/mol. The van der Waals surface area contributed by atoms with Crippen LogP contribution in [0.1, 0.15) is 18.7 Å². The Morgan fingerprint density at radius 2 is 2.31 bits per heavy atom. The highest BCUT2D eigenvalue weighted by molar-refractivity contribution is 7.99. The zero-order valence-corrected chi connectivity index (χ0v) is 10.5. The van der Waals surface area contributed by atoms with Gasteiger partial charge in [-0.15, -0.1) is 10.2 Å². The second-order valence-corrected chi connectivity index (χ2v) is 5.19. The van der Waals surface area contributed by atoms with E-state index in [0.717, 1.165) is 23.3 Å². The molecule has 0 aromatic carbocycles. The summed E-state index contributed by atoms with van der Waals surface area (Å²) in [5.74, 6) is 2.17. The van der Waals surface area contributed by atoms with Gasteiger partial charge in [0.15, 0.2) is 5.16 Å². The molecule has 0 radical (unpaired) electrons. The predicted molar refractivity (Wildman–Crippen MR) is 63.2 cm³/mol. The number of nitrogens with one attached hydrogen (secondary N) is 1. The number of aliphatic hydroxyl groups is 1. The van der Waals surface area contributed by atoms with Crippen LogP contribution in [0.25, 0.3) is 0 Å². The maximum atomic E-state index is 9.76. The molecule has 1 saturated carbocycles. The minimum Gasteiger partial charge on any atom is -0.392 e. The van der Waals surface area contributed by atoms with Crippen molar-refractivity contribution in [3.05, 3.63) is 5.82 Å². The summed E-state index contributed by atoms with van der Waals surface area (Å²) >= 11 is 1.58. The van der Waals surface area contributed by atoms with Crippen LogP contribution in [0.2, 0.25) is 0 Å². The molecule has 1 aliphatic carbocycles. The standard InChI is InChI=1S/C10H18N4OS/c1-11-5-9-12-13-10(14(9)2)16-6-8(15)7-3-4-7/h7-8,11,15H,3-6H2,1-2H3. The molecule has 0 amide bonds. The second kappa shape index (κ2) is 5.16. The highest BCUT2D eigenvalue weighted by Crippen LogP contribution is 2.34. The third-order valence-corrected chi connectivity index (χ3v) is 3.93. The third kappa shape index (κ3) is 2.75. The minimum atomic E-state index is -0.186. The Kier molecular flexibility index (Phi) is 3.83. The van der Waals surface area contributed by atoms with Crippen molar-refractivity contribution in [3.8, 4) is 0 Å². The maximum Gasteiger partial charge on any atom is 0.191 e. The van der Waals surface area contributed by atoms with Gasteiger partial charge in [-0.1, -0.05) is 11.8 Å². The third-order valence-electron chi connectivity index (χ3n) is 2.81. The molecule has 1 aromatic heterocycles. The second-order valence-electron chi connectivity index (χ2n) is 4.20. The van der Waals surface area contributed by atoms with Crippen molar-refractivity contribution < 1.29 is 5.11 Å². The fraction of sp³-hybridized carbons (Fsp3) is 0.800. The van der Waals surface area contributed by atoms with Crippen molar-refractivity contribution in [1.82, 2.24) is 20.1 Å². The molecule has 1 unspecified atom stereocenters. The summed E-state index contributed by atoms with van der Waals surface area (Å²) in [5.41, 5.74) is 0. The van der Waals surface area contributed by atoms with E-state index in [0.29, 0.717) is 5.92 Å². The SMILES string of the molecule is CNCc1nnc(SCC(O)C2CC2)n1C. The molecular weight excluding hydrogens is 224 g/mol. The fourth-order valence-electron chi connectivity index (χ4n) is 1.56. The van der Waals surface area contributed by atoms with Crippen molar-refractivity contribution in [3.63, 3.8) is 0 Å². The summed E-state index contributed by atoms with van der Waals surface area (Å²) in [6.07, 6.45) is 2.16. The Hall–Kier alpha value is -0.590. The molecule has 16 heavy (non-hydrogen) atoms. The first-order chi connectivity index (χ1) is 7.72. The molecule has 0 saturated heterocycles. The summed E-state index contributed by atoms with van der Waals surface area (Å²) in [4.78, 5) is 0.